The molecule has 0 saturated carbocycles. The van der Waals surface area contributed by atoms with Gasteiger partial charge < -0.3 is 16.0 Å². The van der Waals surface area contributed by atoms with Gasteiger partial charge in [-0.25, -0.2) is 0 Å². The molecular formula is C15H32IN5O. The Morgan fingerprint density at radius 3 is 2.77 bits per heavy atom. The van der Waals surface area contributed by atoms with Gasteiger partial charge in [0.2, 0.25) is 5.91 Å². The average Bonchev–Trinajstić information content (AvgIpc) is 2.91. The van der Waals surface area contributed by atoms with Crippen LogP contribution in [-0.4, -0.2) is 68.0 Å². The van der Waals surface area contributed by atoms with Crippen molar-refractivity contribution in [2.75, 3.05) is 40.3 Å². The summed E-state index contributed by atoms with van der Waals surface area (Å²) < 4.78 is 0. The molecule has 0 spiro atoms. The molecule has 0 aromatic carbocycles. The minimum Gasteiger partial charge on any atom is -0.370 e. The van der Waals surface area contributed by atoms with Crippen LogP contribution in [-0.2, 0) is 4.79 Å². The van der Waals surface area contributed by atoms with Crippen molar-refractivity contribution >= 4 is 35.8 Å². The fraction of sp³-hybridized carbons (Fsp3) is 0.867. The van der Waals surface area contributed by atoms with Gasteiger partial charge in [0.05, 0.1) is 6.04 Å². The lowest BCUT2D eigenvalue weighted by Gasteiger charge is -2.25. The molecule has 1 amide bonds. The quantitative estimate of drug-likeness (QED) is 0.266. The number of carbonyl (C=O) groups excluding carboxylic acids is 1. The lowest BCUT2D eigenvalue weighted by atomic mass is 10.2. The first-order valence-corrected chi connectivity index (χ1v) is 8.05. The Balaban J connectivity index is 0.00000441. The highest BCUT2D eigenvalue weighted by molar-refractivity contribution is 14.0. The molecule has 1 rings (SSSR count). The number of carbonyl (C=O) groups is 1. The lowest BCUT2D eigenvalue weighted by molar-refractivity contribution is -0.133. The number of nitrogens with zero attached hydrogens (tertiary/aromatic N) is 3. The van der Waals surface area contributed by atoms with Crippen molar-refractivity contribution in [2.24, 2.45) is 10.7 Å². The highest BCUT2D eigenvalue weighted by Crippen LogP contribution is 2.18. The smallest absolute Gasteiger partial charge is 0.239 e. The summed E-state index contributed by atoms with van der Waals surface area (Å²) in [6, 6.07) is 0.0593. The predicted molar refractivity (Wildman–Crippen MR) is 103 cm³/mol. The van der Waals surface area contributed by atoms with Crippen LogP contribution in [0.5, 0.6) is 0 Å². The van der Waals surface area contributed by atoms with Gasteiger partial charge in [-0.2, -0.15) is 0 Å². The third-order valence-corrected chi connectivity index (χ3v) is 3.81. The Labute approximate surface area is 151 Å². The molecule has 1 aliphatic rings. The van der Waals surface area contributed by atoms with Crippen LogP contribution in [0.1, 0.15) is 39.0 Å². The van der Waals surface area contributed by atoms with Gasteiger partial charge in [0, 0.05) is 33.7 Å². The van der Waals surface area contributed by atoms with Crippen molar-refractivity contribution in [1.82, 2.24) is 15.1 Å². The van der Waals surface area contributed by atoms with Crippen LogP contribution in [0.2, 0.25) is 0 Å². The molecule has 7 heteroatoms. The van der Waals surface area contributed by atoms with Crippen LogP contribution in [0.4, 0.5) is 0 Å². The van der Waals surface area contributed by atoms with E-state index in [1.807, 2.05) is 14.1 Å². The first-order valence-electron chi connectivity index (χ1n) is 8.05. The first kappa shape index (κ1) is 21.4. The normalized spacial score (nSPS) is 18.9. The fourth-order valence-electron chi connectivity index (χ4n) is 2.59. The molecule has 130 valence electrons. The van der Waals surface area contributed by atoms with Gasteiger partial charge in [-0.15, -0.1) is 24.0 Å². The molecular weight excluding hydrogens is 393 g/mol. The van der Waals surface area contributed by atoms with Gasteiger partial charge in [-0.1, -0.05) is 13.3 Å². The number of likely N-dealkylation sites (N-methyl/N-ethyl adjacent to an activating group) is 1. The maximum Gasteiger partial charge on any atom is 0.239 e. The van der Waals surface area contributed by atoms with Crippen molar-refractivity contribution in [3.8, 4) is 0 Å². The fourth-order valence-corrected chi connectivity index (χ4v) is 2.59. The molecule has 3 N–H and O–H groups in total. The number of halogens is 1. The van der Waals surface area contributed by atoms with Crippen molar-refractivity contribution in [1.29, 1.82) is 0 Å². The van der Waals surface area contributed by atoms with E-state index in [1.165, 1.54) is 0 Å². The minimum absolute atomic E-state index is 0. The van der Waals surface area contributed by atoms with Gasteiger partial charge in [0.1, 0.15) is 0 Å². The second-order valence-corrected chi connectivity index (χ2v) is 5.83. The van der Waals surface area contributed by atoms with Crippen LogP contribution in [0.3, 0.4) is 0 Å². The second-order valence-electron chi connectivity index (χ2n) is 5.83. The Hall–Kier alpha value is -0.570. The maximum absolute atomic E-state index is 12.1. The van der Waals surface area contributed by atoms with Gasteiger partial charge in [-0.05, 0) is 32.2 Å². The van der Waals surface area contributed by atoms with Gasteiger partial charge in [0.25, 0.3) is 0 Å². The third kappa shape index (κ3) is 7.62. The van der Waals surface area contributed by atoms with Crippen molar-refractivity contribution in [3.63, 3.8) is 0 Å². The summed E-state index contributed by atoms with van der Waals surface area (Å²) in [5.74, 6) is 0.752. The van der Waals surface area contributed by atoms with Crippen molar-refractivity contribution < 1.29 is 4.79 Å². The molecule has 6 nitrogen and oxygen atoms in total. The van der Waals surface area contributed by atoms with E-state index in [0.717, 1.165) is 51.7 Å². The number of aliphatic imine (C=N–C) groups is 1. The van der Waals surface area contributed by atoms with E-state index in [2.05, 4.69) is 22.1 Å². The van der Waals surface area contributed by atoms with E-state index in [4.69, 9.17) is 5.73 Å². The Bertz CT molecular complexity index is 349. The number of hydrogen-bond acceptors (Lipinski definition) is 3. The number of nitrogens with two attached hydrogens (primary N) is 1. The number of nitrogens with one attached hydrogen (secondary N) is 1. The molecule has 1 unspecified atom stereocenters. The number of rotatable bonds is 8. The topological polar surface area (TPSA) is 74.0 Å². The molecule has 0 aliphatic carbocycles. The largest absolute Gasteiger partial charge is 0.370 e. The van der Waals surface area contributed by atoms with E-state index >= 15 is 0 Å². The Morgan fingerprint density at radius 1 is 1.41 bits per heavy atom. The molecule has 1 aliphatic heterocycles. The average molecular weight is 425 g/mol. The monoisotopic (exact) mass is 425 g/mol. The van der Waals surface area contributed by atoms with E-state index in [9.17, 15) is 4.79 Å². The summed E-state index contributed by atoms with van der Waals surface area (Å²) in [6.45, 7) is 5.67. The predicted octanol–water partition coefficient (Wildman–Crippen LogP) is 1.25. The molecule has 1 heterocycles. The highest BCUT2D eigenvalue weighted by atomic mass is 127. The van der Waals surface area contributed by atoms with E-state index in [1.54, 1.807) is 4.90 Å². The molecule has 1 saturated heterocycles. The third-order valence-electron chi connectivity index (χ3n) is 3.81. The van der Waals surface area contributed by atoms with E-state index in [0.29, 0.717) is 12.5 Å². The van der Waals surface area contributed by atoms with Gasteiger partial charge in [-0.3, -0.25) is 14.7 Å². The molecule has 1 atom stereocenters. The first-order chi connectivity index (χ1) is 10.1. The Morgan fingerprint density at radius 2 is 2.14 bits per heavy atom. The summed E-state index contributed by atoms with van der Waals surface area (Å²) in [7, 11) is 3.65. The van der Waals surface area contributed by atoms with E-state index < -0.39 is 0 Å². The van der Waals surface area contributed by atoms with E-state index in [-0.39, 0.29) is 35.9 Å². The van der Waals surface area contributed by atoms with Crippen LogP contribution in [0.25, 0.3) is 0 Å². The number of guanidine groups is 1. The van der Waals surface area contributed by atoms with Crippen LogP contribution >= 0.6 is 24.0 Å². The Kier molecular flexibility index (Phi) is 11.6. The summed E-state index contributed by atoms with van der Waals surface area (Å²) in [4.78, 5) is 20.4. The molecule has 22 heavy (non-hydrogen) atoms. The van der Waals surface area contributed by atoms with Crippen molar-refractivity contribution in [2.45, 2.75) is 45.1 Å². The zero-order valence-corrected chi connectivity index (χ0v) is 16.5. The molecule has 0 aromatic rings. The van der Waals surface area contributed by atoms with Gasteiger partial charge in [0.15, 0.2) is 5.96 Å². The van der Waals surface area contributed by atoms with Crippen molar-refractivity contribution in [3.05, 3.63) is 0 Å². The number of unbranched alkanes of at least 4 members (excludes halogenated alkanes) is 1. The lowest BCUT2D eigenvalue weighted by Crippen LogP contribution is -2.43. The molecule has 0 bridgehead atoms. The summed E-state index contributed by atoms with van der Waals surface area (Å²) >= 11 is 0. The zero-order chi connectivity index (χ0) is 15.7. The SMILES string of the molecule is CCCCNC(N)=NCCCN1CCCC1C(=O)N(C)C.I. The molecule has 0 radical (unpaired) electrons. The van der Waals surface area contributed by atoms with Crippen LogP contribution in [0, 0.1) is 0 Å². The number of likely N-dealkylation sites (tertiary alicyclic amines) is 1. The summed E-state index contributed by atoms with van der Waals surface area (Å²) in [6.07, 6.45) is 5.28. The summed E-state index contributed by atoms with van der Waals surface area (Å²) in [5, 5.41) is 3.11. The highest BCUT2D eigenvalue weighted by Gasteiger charge is 2.30. The molecule has 0 aromatic heterocycles. The number of hydrogen-bond donors (Lipinski definition) is 2. The standard InChI is InChI=1S/C15H31N5O.HI/c1-4-5-9-17-15(16)18-10-7-12-20-11-6-8-13(20)14(21)19(2)3;/h13H,4-12H2,1-3H3,(H3,16,17,18);1H. The maximum atomic E-state index is 12.1. The summed E-state index contributed by atoms with van der Waals surface area (Å²) in [5.41, 5.74) is 5.79. The molecule has 1 fully saturated rings. The van der Waals surface area contributed by atoms with Crippen LogP contribution < -0.4 is 11.1 Å². The number of amides is 1. The van der Waals surface area contributed by atoms with Crippen LogP contribution in [0.15, 0.2) is 4.99 Å². The zero-order valence-electron chi connectivity index (χ0n) is 14.2. The second kappa shape index (κ2) is 11.9. The van der Waals surface area contributed by atoms with Gasteiger partial charge >= 0.3 is 0 Å². The minimum atomic E-state index is 0.